The summed E-state index contributed by atoms with van der Waals surface area (Å²) in [6.45, 7) is 3.16. The monoisotopic (exact) mass is 273 g/mol. The predicted molar refractivity (Wildman–Crippen MR) is 72.4 cm³/mol. The number of amides is 1. The highest BCUT2D eigenvalue weighted by molar-refractivity contribution is 5.85. The van der Waals surface area contributed by atoms with Crippen molar-refractivity contribution in [3.8, 4) is 0 Å². The molecule has 0 aliphatic rings. The zero-order valence-corrected chi connectivity index (χ0v) is 11.5. The lowest BCUT2D eigenvalue weighted by atomic mass is 10.2. The Morgan fingerprint density at radius 1 is 1.56 bits per heavy atom. The van der Waals surface area contributed by atoms with Crippen molar-refractivity contribution in [3.63, 3.8) is 0 Å². The van der Waals surface area contributed by atoms with Crippen LogP contribution in [0.2, 0.25) is 0 Å². The molecule has 0 aromatic carbocycles. The Balaban J connectivity index is 0.00000289. The van der Waals surface area contributed by atoms with Crippen LogP contribution in [0.1, 0.15) is 12.6 Å². The Labute approximate surface area is 114 Å². The zero-order chi connectivity index (χ0) is 12.7. The second-order valence-electron chi connectivity index (χ2n) is 3.86. The molecule has 1 atom stereocenters. The van der Waals surface area contributed by atoms with E-state index in [1.165, 1.54) is 0 Å². The van der Waals surface area contributed by atoms with Crippen molar-refractivity contribution in [1.82, 2.24) is 9.88 Å². The maximum Gasteiger partial charge on any atom is 0.239 e. The highest BCUT2D eigenvalue weighted by Gasteiger charge is 2.17. The summed E-state index contributed by atoms with van der Waals surface area (Å²) in [5.41, 5.74) is 6.45. The van der Waals surface area contributed by atoms with Gasteiger partial charge < -0.3 is 15.4 Å². The molecule has 1 aromatic rings. The van der Waals surface area contributed by atoms with Gasteiger partial charge in [-0.2, -0.15) is 0 Å². The van der Waals surface area contributed by atoms with Gasteiger partial charge in [0, 0.05) is 19.9 Å². The molecule has 0 aliphatic heterocycles. The largest absolute Gasteiger partial charge is 0.383 e. The lowest BCUT2D eigenvalue weighted by molar-refractivity contribution is -0.133. The summed E-state index contributed by atoms with van der Waals surface area (Å²) in [6.07, 6.45) is 1.71. The van der Waals surface area contributed by atoms with Crippen molar-refractivity contribution in [2.75, 3.05) is 20.3 Å². The van der Waals surface area contributed by atoms with Crippen LogP contribution in [-0.2, 0) is 16.1 Å². The van der Waals surface area contributed by atoms with Gasteiger partial charge in [-0.15, -0.1) is 12.4 Å². The Bertz CT molecular complexity index is 346. The van der Waals surface area contributed by atoms with E-state index >= 15 is 0 Å². The van der Waals surface area contributed by atoms with E-state index in [1.807, 2.05) is 18.2 Å². The van der Waals surface area contributed by atoms with E-state index in [9.17, 15) is 4.79 Å². The minimum atomic E-state index is -0.504. The molecule has 0 fully saturated rings. The molecule has 0 bridgehead atoms. The van der Waals surface area contributed by atoms with Crippen molar-refractivity contribution in [2.45, 2.75) is 19.5 Å². The first-order valence-corrected chi connectivity index (χ1v) is 5.58. The summed E-state index contributed by atoms with van der Waals surface area (Å²) in [7, 11) is 1.61. The number of nitrogens with two attached hydrogens (primary N) is 1. The van der Waals surface area contributed by atoms with Crippen LogP contribution in [0, 0.1) is 0 Å². The van der Waals surface area contributed by atoms with Gasteiger partial charge in [0.15, 0.2) is 0 Å². The third kappa shape index (κ3) is 5.44. The van der Waals surface area contributed by atoms with Crippen LogP contribution in [0.4, 0.5) is 0 Å². The summed E-state index contributed by atoms with van der Waals surface area (Å²) in [5.74, 6) is -0.0901. The molecular formula is C12H20ClN3O2. The highest BCUT2D eigenvalue weighted by atomic mass is 35.5. The Morgan fingerprint density at radius 3 is 2.78 bits per heavy atom. The first-order valence-electron chi connectivity index (χ1n) is 5.58. The van der Waals surface area contributed by atoms with Gasteiger partial charge in [0.25, 0.3) is 0 Å². The number of methoxy groups -OCH3 is 1. The molecule has 1 amide bonds. The topological polar surface area (TPSA) is 68.5 Å². The molecule has 0 saturated carbocycles. The Hall–Kier alpha value is -1.17. The van der Waals surface area contributed by atoms with Crippen LogP contribution in [0.15, 0.2) is 24.4 Å². The number of aromatic nitrogens is 1. The molecule has 1 aromatic heterocycles. The maximum atomic E-state index is 11.9. The third-order valence-electron chi connectivity index (χ3n) is 2.35. The van der Waals surface area contributed by atoms with Gasteiger partial charge in [-0.3, -0.25) is 9.78 Å². The van der Waals surface area contributed by atoms with E-state index in [2.05, 4.69) is 4.98 Å². The van der Waals surface area contributed by atoms with Crippen molar-refractivity contribution in [2.24, 2.45) is 5.73 Å². The molecule has 102 valence electrons. The van der Waals surface area contributed by atoms with E-state index in [1.54, 1.807) is 25.1 Å². The van der Waals surface area contributed by atoms with Crippen LogP contribution < -0.4 is 5.73 Å². The maximum absolute atomic E-state index is 11.9. The summed E-state index contributed by atoms with van der Waals surface area (Å²) in [4.78, 5) is 17.7. The molecule has 1 unspecified atom stereocenters. The van der Waals surface area contributed by atoms with Crippen molar-refractivity contribution < 1.29 is 9.53 Å². The minimum Gasteiger partial charge on any atom is -0.383 e. The van der Waals surface area contributed by atoms with Gasteiger partial charge in [0.05, 0.1) is 24.9 Å². The fourth-order valence-corrected chi connectivity index (χ4v) is 1.44. The molecule has 2 N–H and O–H groups in total. The molecule has 5 nitrogen and oxygen atoms in total. The number of halogens is 1. The molecule has 6 heteroatoms. The number of carbonyl (C=O) groups excluding carboxylic acids is 1. The standard InChI is InChI=1S/C12H19N3O2.ClH/c1-10(13)12(16)15(7-8-17-2)9-11-5-3-4-6-14-11;/h3-6,10H,7-9,13H2,1-2H3;1H. The van der Waals surface area contributed by atoms with E-state index < -0.39 is 6.04 Å². The molecule has 0 radical (unpaired) electrons. The summed E-state index contributed by atoms with van der Waals surface area (Å²) < 4.78 is 4.98. The first kappa shape index (κ1) is 16.8. The van der Waals surface area contributed by atoms with E-state index in [4.69, 9.17) is 10.5 Å². The van der Waals surface area contributed by atoms with Crippen molar-refractivity contribution in [3.05, 3.63) is 30.1 Å². The van der Waals surface area contributed by atoms with E-state index in [-0.39, 0.29) is 18.3 Å². The van der Waals surface area contributed by atoms with Gasteiger partial charge >= 0.3 is 0 Å². The first-order chi connectivity index (χ1) is 8.15. The predicted octanol–water partition coefficient (Wildman–Crippen LogP) is 0.826. The summed E-state index contributed by atoms with van der Waals surface area (Å²) >= 11 is 0. The summed E-state index contributed by atoms with van der Waals surface area (Å²) in [5, 5.41) is 0. The second kappa shape index (κ2) is 8.85. The highest BCUT2D eigenvalue weighted by Crippen LogP contribution is 2.03. The lowest BCUT2D eigenvalue weighted by Gasteiger charge is -2.23. The Morgan fingerprint density at radius 2 is 2.28 bits per heavy atom. The van der Waals surface area contributed by atoms with Crippen LogP contribution in [0.3, 0.4) is 0 Å². The molecule has 0 spiro atoms. The van der Waals surface area contributed by atoms with Crippen LogP contribution in [0.5, 0.6) is 0 Å². The molecule has 0 saturated heterocycles. The number of hydrogen-bond acceptors (Lipinski definition) is 4. The van der Waals surface area contributed by atoms with Gasteiger partial charge in [-0.05, 0) is 19.1 Å². The average molecular weight is 274 g/mol. The molecular weight excluding hydrogens is 254 g/mol. The second-order valence-corrected chi connectivity index (χ2v) is 3.86. The smallest absolute Gasteiger partial charge is 0.239 e. The third-order valence-corrected chi connectivity index (χ3v) is 2.35. The number of ether oxygens (including phenoxy) is 1. The van der Waals surface area contributed by atoms with Crippen molar-refractivity contribution in [1.29, 1.82) is 0 Å². The number of rotatable bonds is 6. The minimum absolute atomic E-state index is 0. The lowest BCUT2D eigenvalue weighted by Crippen LogP contribution is -2.43. The SMILES string of the molecule is COCCN(Cc1ccccn1)C(=O)C(C)N.Cl. The van der Waals surface area contributed by atoms with Gasteiger partial charge in [0.2, 0.25) is 5.91 Å². The van der Waals surface area contributed by atoms with Gasteiger partial charge in [-0.25, -0.2) is 0 Å². The Kier molecular flexibility index (Phi) is 8.28. The number of pyridine rings is 1. The molecule has 18 heavy (non-hydrogen) atoms. The molecule has 1 heterocycles. The van der Waals surface area contributed by atoms with Crippen LogP contribution >= 0.6 is 12.4 Å². The number of hydrogen-bond donors (Lipinski definition) is 1. The summed E-state index contributed by atoms with van der Waals surface area (Å²) in [6, 6.07) is 5.12. The fourth-order valence-electron chi connectivity index (χ4n) is 1.44. The van der Waals surface area contributed by atoms with Gasteiger partial charge in [-0.1, -0.05) is 6.07 Å². The average Bonchev–Trinajstić information content (AvgIpc) is 2.34. The normalized spacial score (nSPS) is 11.5. The number of nitrogens with zero attached hydrogens (tertiary/aromatic N) is 2. The zero-order valence-electron chi connectivity index (χ0n) is 10.7. The molecule has 0 aliphatic carbocycles. The van der Waals surface area contributed by atoms with Gasteiger partial charge in [0.1, 0.15) is 0 Å². The van der Waals surface area contributed by atoms with Crippen molar-refractivity contribution >= 4 is 18.3 Å². The molecule has 1 rings (SSSR count). The quantitative estimate of drug-likeness (QED) is 0.833. The van der Waals surface area contributed by atoms with Crippen LogP contribution in [-0.4, -0.2) is 42.1 Å². The van der Waals surface area contributed by atoms with Crippen LogP contribution in [0.25, 0.3) is 0 Å². The fraction of sp³-hybridized carbons (Fsp3) is 0.500. The van der Waals surface area contributed by atoms with E-state index in [0.717, 1.165) is 5.69 Å². The number of carbonyl (C=O) groups is 1. The van der Waals surface area contributed by atoms with E-state index in [0.29, 0.717) is 19.7 Å².